The molecule has 2 N–H and O–H groups in total. The monoisotopic (exact) mass is 395 g/mol. The van der Waals surface area contributed by atoms with Crippen LogP contribution in [0, 0.1) is 11.3 Å². The molecule has 1 aromatic heterocycles. The summed E-state index contributed by atoms with van der Waals surface area (Å²) in [4.78, 5) is 26.6. The molecule has 1 unspecified atom stereocenters. The van der Waals surface area contributed by atoms with E-state index in [0.717, 1.165) is 30.9 Å². The van der Waals surface area contributed by atoms with Crippen molar-refractivity contribution in [3.63, 3.8) is 0 Å². The second kappa shape index (κ2) is 8.65. The number of piperidine rings is 1. The Morgan fingerprint density at radius 3 is 2.48 bits per heavy atom. The standard InChI is InChI=1S/C19H33N5O2S/c1-18(2,3)15(26)20-10-13-8-7-9-24(11-13)12-14(25)21-17-23-22-16(27-17)19(4,5)6/h13H,7-12H2,1-6H3,(H,20,26)(H,21,23,25). The maximum Gasteiger partial charge on any atom is 0.240 e. The van der Waals surface area contributed by atoms with Crippen LogP contribution in [-0.4, -0.2) is 53.1 Å². The number of likely N-dealkylation sites (tertiary alicyclic amines) is 1. The predicted molar refractivity (Wildman–Crippen MR) is 109 cm³/mol. The highest BCUT2D eigenvalue weighted by molar-refractivity contribution is 7.15. The molecule has 27 heavy (non-hydrogen) atoms. The van der Waals surface area contributed by atoms with Gasteiger partial charge in [-0.05, 0) is 25.3 Å². The number of hydrogen-bond acceptors (Lipinski definition) is 6. The van der Waals surface area contributed by atoms with E-state index in [2.05, 4.69) is 46.5 Å². The van der Waals surface area contributed by atoms with Gasteiger partial charge >= 0.3 is 0 Å². The molecular formula is C19H33N5O2S. The summed E-state index contributed by atoms with van der Waals surface area (Å²) in [5.41, 5.74) is -0.444. The zero-order valence-corrected chi connectivity index (χ0v) is 18.2. The minimum Gasteiger partial charge on any atom is -0.355 e. The van der Waals surface area contributed by atoms with Crippen molar-refractivity contribution < 1.29 is 9.59 Å². The van der Waals surface area contributed by atoms with Crippen LogP contribution in [0.15, 0.2) is 0 Å². The fraction of sp³-hybridized carbons (Fsp3) is 0.789. The normalized spacial score (nSPS) is 19.0. The van der Waals surface area contributed by atoms with E-state index < -0.39 is 0 Å². The molecule has 1 saturated heterocycles. The van der Waals surface area contributed by atoms with Crippen LogP contribution in [0.5, 0.6) is 0 Å². The first-order chi connectivity index (χ1) is 12.4. The van der Waals surface area contributed by atoms with E-state index in [4.69, 9.17) is 0 Å². The van der Waals surface area contributed by atoms with Crippen molar-refractivity contribution in [2.75, 3.05) is 31.5 Å². The summed E-state index contributed by atoms with van der Waals surface area (Å²) in [6.07, 6.45) is 2.12. The third kappa shape index (κ3) is 6.84. The minimum atomic E-state index is -0.373. The Morgan fingerprint density at radius 2 is 1.89 bits per heavy atom. The van der Waals surface area contributed by atoms with Gasteiger partial charge in [0.15, 0.2) is 0 Å². The lowest BCUT2D eigenvalue weighted by Gasteiger charge is -2.32. The molecule has 2 amide bonds. The first-order valence-corrected chi connectivity index (χ1v) is 10.4. The van der Waals surface area contributed by atoms with E-state index >= 15 is 0 Å². The molecule has 2 rings (SSSR count). The summed E-state index contributed by atoms with van der Waals surface area (Å²) >= 11 is 1.42. The fourth-order valence-corrected chi connectivity index (χ4v) is 3.72. The Hall–Kier alpha value is -1.54. The summed E-state index contributed by atoms with van der Waals surface area (Å²) in [5, 5.41) is 15.6. The Labute approximate surface area is 166 Å². The fourth-order valence-electron chi connectivity index (χ4n) is 2.90. The molecule has 2 heterocycles. The van der Waals surface area contributed by atoms with Crippen molar-refractivity contribution in [1.82, 2.24) is 20.4 Å². The number of anilines is 1. The summed E-state index contributed by atoms with van der Waals surface area (Å²) in [7, 11) is 0. The van der Waals surface area contributed by atoms with E-state index in [1.165, 1.54) is 11.3 Å². The third-order valence-electron chi connectivity index (χ3n) is 4.52. The largest absolute Gasteiger partial charge is 0.355 e. The molecule has 8 heteroatoms. The summed E-state index contributed by atoms with van der Waals surface area (Å²) in [5.74, 6) is 0.390. The number of nitrogens with one attached hydrogen (secondary N) is 2. The van der Waals surface area contributed by atoms with Crippen LogP contribution in [0.25, 0.3) is 0 Å². The highest BCUT2D eigenvalue weighted by Crippen LogP contribution is 2.27. The molecule has 1 aliphatic heterocycles. The lowest BCUT2D eigenvalue weighted by Crippen LogP contribution is -2.45. The van der Waals surface area contributed by atoms with Gasteiger partial charge in [0.05, 0.1) is 6.54 Å². The van der Waals surface area contributed by atoms with E-state index in [0.29, 0.717) is 24.1 Å². The summed E-state index contributed by atoms with van der Waals surface area (Å²) in [6, 6.07) is 0. The Bertz CT molecular complexity index is 660. The van der Waals surface area contributed by atoms with Crippen molar-refractivity contribution in [2.45, 2.75) is 59.8 Å². The number of aromatic nitrogens is 2. The first kappa shape index (κ1) is 21.8. The quantitative estimate of drug-likeness (QED) is 0.800. The molecule has 0 saturated carbocycles. The van der Waals surface area contributed by atoms with Gasteiger partial charge in [-0.3, -0.25) is 19.8 Å². The van der Waals surface area contributed by atoms with Gasteiger partial charge in [0.1, 0.15) is 5.01 Å². The van der Waals surface area contributed by atoms with Crippen LogP contribution in [0.4, 0.5) is 5.13 Å². The average molecular weight is 396 g/mol. The maximum atomic E-state index is 12.4. The Morgan fingerprint density at radius 1 is 1.19 bits per heavy atom. The van der Waals surface area contributed by atoms with Crippen molar-refractivity contribution >= 4 is 28.3 Å². The molecule has 1 aliphatic rings. The highest BCUT2D eigenvalue weighted by atomic mass is 32.1. The van der Waals surface area contributed by atoms with E-state index in [9.17, 15) is 9.59 Å². The van der Waals surface area contributed by atoms with Crippen molar-refractivity contribution in [3.8, 4) is 0 Å². The Kier molecular flexibility index (Phi) is 6.97. The number of nitrogens with zero attached hydrogens (tertiary/aromatic N) is 3. The van der Waals surface area contributed by atoms with Gasteiger partial charge in [0, 0.05) is 23.9 Å². The van der Waals surface area contributed by atoms with E-state index in [1.807, 2.05) is 20.8 Å². The summed E-state index contributed by atoms with van der Waals surface area (Å²) < 4.78 is 0. The van der Waals surface area contributed by atoms with Crippen molar-refractivity contribution in [3.05, 3.63) is 5.01 Å². The first-order valence-electron chi connectivity index (χ1n) is 9.59. The van der Waals surface area contributed by atoms with Gasteiger partial charge in [0.2, 0.25) is 16.9 Å². The van der Waals surface area contributed by atoms with E-state index in [1.54, 1.807) is 0 Å². The van der Waals surface area contributed by atoms with Crippen LogP contribution in [0.3, 0.4) is 0 Å². The molecule has 0 bridgehead atoms. The second-order valence-electron chi connectivity index (χ2n) is 9.41. The minimum absolute atomic E-state index is 0.0639. The lowest BCUT2D eigenvalue weighted by atomic mass is 9.94. The number of rotatable bonds is 5. The average Bonchev–Trinajstić information content (AvgIpc) is 3.00. The Balaban J connectivity index is 1.80. The topological polar surface area (TPSA) is 87.2 Å². The van der Waals surface area contributed by atoms with E-state index in [-0.39, 0.29) is 22.6 Å². The predicted octanol–water partition coefficient (Wildman–Crippen LogP) is 2.65. The maximum absolute atomic E-state index is 12.4. The smallest absolute Gasteiger partial charge is 0.240 e. The molecule has 1 atom stereocenters. The molecule has 0 aliphatic carbocycles. The number of hydrogen-bond donors (Lipinski definition) is 2. The van der Waals surface area contributed by atoms with Crippen LogP contribution in [-0.2, 0) is 15.0 Å². The van der Waals surface area contributed by atoms with Crippen LogP contribution >= 0.6 is 11.3 Å². The zero-order valence-electron chi connectivity index (χ0n) is 17.4. The van der Waals surface area contributed by atoms with Gasteiger partial charge in [0.25, 0.3) is 0 Å². The number of amides is 2. The molecule has 0 spiro atoms. The van der Waals surface area contributed by atoms with Gasteiger partial charge < -0.3 is 5.32 Å². The van der Waals surface area contributed by atoms with Gasteiger partial charge in [-0.25, -0.2) is 0 Å². The molecule has 0 radical (unpaired) electrons. The van der Waals surface area contributed by atoms with Crippen LogP contribution in [0.1, 0.15) is 59.4 Å². The SMILES string of the molecule is CC(C)(C)C(=O)NCC1CCCN(CC(=O)Nc2nnc(C(C)(C)C)s2)C1. The van der Waals surface area contributed by atoms with Gasteiger partial charge in [-0.15, -0.1) is 10.2 Å². The highest BCUT2D eigenvalue weighted by Gasteiger charge is 2.26. The third-order valence-corrected chi connectivity index (χ3v) is 5.78. The molecule has 152 valence electrons. The number of carbonyl (C=O) groups is 2. The molecule has 1 aromatic rings. The zero-order chi connectivity index (χ0) is 20.2. The van der Waals surface area contributed by atoms with Gasteiger partial charge in [-0.2, -0.15) is 0 Å². The van der Waals surface area contributed by atoms with Crippen molar-refractivity contribution in [1.29, 1.82) is 0 Å². The van der Waals surface area contributed by atoms with Crippen molar-refractivity contribution in [2.24, 2.45) is 11.3 Å². The van der Waals surface area contributed by atoms with Gasteiger partial charge in [-0.1, -0.05) is 52.9 Å². The lowest BCUT2D eigenvalue weighted by molar-refractivity contribution is -0.128. The molecule has 7 nitrogen and oxygen atoms in total. The molecular weight excluding hydrogens is 362 g/mol. The van der Waals surface area contributed by atoms with Crippen LogP contribution in [0.2, 0.25) is 0 Å². The van der Waals surface area contributed by atoms with Crippen LogP contribution < -0.4 is 10.6 Å². The summed E-state index contributed by atoms with van der Waals surface area (Å²) in [6.45, 7) is 14.7. The molecule has 1 fully saturated rings. The second-order valence-corrected chi connectivity index (χ2v) is 10.4. The number of carbonyl (C=O) groups excluding carboxylic acids is 2. The molecule has 0 aromatic carbocycles.